The van der Waals surface area contributed by atoms with Gasteiger partial charge in [-0.15, -0.1) is 0 Å². The topological polar surface area (TPSA) is 50.4 Å². The Morgan fingerprint density at radius 3 is 2.56 bits per heavy atom. The Labute approximate surface area is 160 Å². The third kappa shape index (κ3) is 5.61. The van der Waals surface area contributed by atoms with Crippen molar-refractivity contribution in [1.29, 1.82) is 0 Å². The molecule has 3 aromatic rings. The maximum Gasteiger partial charge on any atom is 0.262 e. The lowest BCUT2D eigenvalue weighted by Gasteiger charge is -2.12. The quantitative estimate of drug-likeness (QED) is 0.628. The van der Waals surface area contributed by atoms with Gasteiger partial charge in [0.1, 0.15) is 5.75 Å². The van der Waals surface area contributed by atoms with Crippen LogP contribution in [0.5, 0.6) is 5.75 Å². The van der Waals surface area contributed by atoms with Crippen molar-refractivity contribution < 1.29 is 9.53 Å². The Bertz CT molecular complexity index is 907. The summed E-state index contributed by atoms with van der Waals surface area (Å²) in [6.07, 6.45) is 0. The normalized spacial score (nSPS) is 10.3. The SMILES string of the molecule is Cc1ccc(C)c(NCc2cccc(OCC(=O)Nc3ccccc3)c2)c1. The van der Waals surface area contributed by atoms with E-state index in [1.54, 1.807) is 0 Å². The number of amides is 1. The third-order valence-electron chi connectivity index (χ3n) is 4.20. The van der Waals surface area contributed by atoms with Gasteiger partial charge in [0.2, 0.25) is 0 Å². The molecule has 3 aromatic carbocycles. The number of rotatable bonds is 7. The third-order valence-corrected chi connectivity index (χ3v) is 4.20. The van der Waals surface area contributed by atoms with Crippen LogP contribution in [-0.2, 0) is 11.3 Å². The van der Waals surface area contributed by atoms with E-state index in [0.29, 0.717) is 12.3 Å². The first-order valence-electron chi connectivity index (χ1n) is 8.98. The van der Waals surface area contributed by atoms with Gasteiger partial charge in [-0.3, -0.25) is 4.79 Å². The molecule has 0 radical (unpaired) electrons. The molecule has 0 fully saturated rings. The molecule has 4 nitrogen and oxygen atoms in total. The lowest BCUT2D eigenvalue weighted by molar-refractivity contribution is -0.118. The summed E-state index contributed by atoms with van der Waals surface area (Å²) in [7, 11) is 0. The van der Waals surface area contributed by atoms with Crippen molar-refractivity contribution in [3.05, 3.63) is 89.5 Å². The number of aryl methyl sites for hydroxylation is 2. The monoisotopic (exact) mass is 360 g/mol. The van der Waals surface area contributed by atoms with Crippen molar-refractivity contribution in [2.45, 2.75) is 20.4 Å². The Morgan fingerprint density at radius 1 is 0.926 bits per heavy atom. The van der Waals surface area contributed by atoms with E-state index >= 15 is 0 Å². The van der Waals surface area contributed by atoms with Crippen LogP contribution in [0.3, 0.4) is 0 Å². The molecular formula is C23H24N2O2. The van der Waals surface area contributed by atoms with Crippen LogP contribution < -0.4 is 15.4 Å². The van der Waals surface area contributed by atoms with Gasteiger partial charge in [0, 0.05) is 17.9 Å². The summed E-state index contributed by atoms with van der Waals surface area (Å²) in [6, 6.07) is 23.5. The van der Waals surface area contributed by atoms with Gasteiger partial charge in [0.15, 0.2) is 6.61 Å². The zero-order valence-corrected chi connectivity index (χ0v) is 15.7. The molecular weight excluding hydrogens is 336 g/mol. The summed E-state index contributed by atoms with van der Waals surface area (Å²) < 4.78 is 5.64. The summed E-state index contributed by atoms with van der Waals surface area (Å²) in [4.78, 5) is 12.0. The number of para-hydroxylation sites is 1. The predicted molar refractivity (Wildman–Crippen MR) is 110 cm³/mol. The second kappa shape index (κ2) is 8.90. The number of hydrogen-bond acceptors (Lipinski definition) is 3. The molecule has 0 saturated heterocycles. The molecule has 27 heavy (non-hydrogen) atoms. The molecule has 0 saturated carbocycles. The van der Waals surface area contributed by atoms with Gasteiger partial charge in [-0.2, -0.15) is 0 Å². The molecule has 0 aliphatic heterocycles. The average Bonchev–Trinajstić information content (AvgIpc) is 2.68. The lowest BCUT2D eigenvalue weighted by atomic mass is 10.1. The van der Waals surface area contributed by atoms with E-state index in [1.165, 1.54) is 11.1 Å². The first-order chi connectivity index (χ1) is 13.1. The maximum atomic E-state index is 12.0. The fraction of sp³-hybridized carbons (Fsp3) is 0.174. The Kier molecular flexibility index (Phi) is 6.10. The number of nitrogens with one attached hydrogen (secondary N) is 2. The molecule has 0 aromatic heterocycles. The van der Waals surface area contributed by atoms with E-state index in [0.717, 1.165) is 16.9 Å². The van der Waals surface area contributed by atoms with Crippen LogP contribution in [0.1, 0.15) is 16.7 Å². The zero-order valence-electron chi connectivity index (χ0n) is 15.7. The van der Waals surface area contributed by atoms with E-state index in [9.17, 15) is 4.79 Å². The van der Waals surface area contributed by atoms with E-state index < -0.39 is 0 Å². The van der Waals surface area contributed by atoms with Gasteiger partial charge >= 0.3 is 0 Å². The van der Waals surface area contributed by atoms with Crippen molar-refractivity contribution >= 4 is 17.3 Å². The van der Waals surface area contributed by atoms with E-state index in [-0.39, 0.29) is 12.5 Å². The Morgan fingerprint density at radius 2 is 1.74 bits per heavy atom. The smallest absolute Gasteiger partial charge is 0.262 e. The fourth-order valence-corrected chi connectivity index (χ4v) is 2.74. The lowest BCUT2D eigenvalue weighted by Crippen LogP contribution is -2.20. The maximum absolute atomic E-state index is 12.0. The van der Waals surface area contributed by atoms with Crippen molar-refractivity contribution in [2.24, 2.45) is 0 Å². The molecule has 1 amide bonds. The molecule has 2 N–H and O–H groups in total. The summed E-state index contributed by atoms with van der Waals surface area (Å²) in [5, 5.41) is 6.27. The number of carbonyl (C=O) groups is 1. The number of benzene rings is 3. The highest BCUT2D eigenvalue weighted by molar-refractivity contribution is 5.91. The highest BCUT2D eigenvalue weighted by Gasteiger charge is 2.05. The van der Waals surface area contributed by atoms with E-state index in [4.69, 9.17) is 4.74 Å². The highest BCUT2D eigenvalue weighted by Crippen LogP contribution is 2.19. The van der Waals surface area contributed by atoms with Crippen LogP contribution in [0.2, 0.25) is 0 Å². The van der Waals surface area contributed by atoms with Crippen LogP contribution in [0, 0.1) is 13.8 Å². The molecule has 4 heteroatoms. The van der Waals surface area contributed by atoms with Crippen molar-refractivity contribution in [3.63, 3.8) is 0 Å². The second-order valence-electron chi connectivity index (χ2n) is 6.52. The van der Waals surface area contributed by atoms with Gasteiger partial charge < -0.3 is 15.4 Å². The molecule has 3 rings (SSSR count). The van der Waals surface area contributed by atoms with Crippen molar-refractivity contribution in [2.75, 3.05) is 17.2 Å². The number of anilines is 2. The fourth-order valence-electron chi connectivity index (χ4n) is 2.74. The average molecular weight is 360 g/mol. The molecule has 0 aliphatic carbocycles. The highest BCUT2D eigenvalue weighted by atomic mass is 16.5. The summed E-state index contributed by atoms with van der Waals surface area (Å²) in [5.41, 5.74) is 5.42. The second-order valence-corrected chi connectivity index (χ2v) is 6.52. The first-order valence-corrected chi connectivity index (χ1v) is 8.98. The van der Waals surface area contributed by atoms with Crippen LogP contribution in [0.4, 0.5) is 11.4 Å². The molecule has 0 spiro atoms. The first kappa shape index (κ1) is 18.5. The standard InChI is InChI=1S/C23H24N2O2/c1-17-11-12-18(2)22(13-17)24-15-19-7-6-10-21(14-19)27-16-23(26)25-20-8-4-3-5-9-20/h3-14,24H,15-16H2,1-2H3,(H,25,26). The summed E-state index contributed by atoms with van der Waals surface area (Å²) >= 11 is 0. The molecule has 0 atom stereocenters. The van der Waals surface area contributed by atoms with Crippen LogP contribution in [-0.4, -0.2) is 12.5 Å². The van der Waals surface area contributed by atoms with Crippen LogP contribution in [0.15, 0.2) is 72.8 Å². The van der Waals surface area contributed by atoms with Gasteiger partial charge in [-0.25, -0.2) is 0 Å². The number of ether oxygens (including phenoxy) is 1. The minimum absolute atomic E-state index is 0.0250. The zero-order chi connectivity index (χ0) is 19.1. The summed E-state index contributed by atoms with van der Waals surface area (Å²) in [6.45, 7) is 4.84. The minimum Gasteiger partial charge on any atom is -0.484 e. The molecule has 138 valence electrons. The number of carbonyl (C=O) groups excluding carboxylic acids is 1. The van der Waals surface area contributed by atoms with E-state index in [2.05, 4.69) is 42.7 Å². The molecule has 0 aliphatic rings. The van der Waals surface area contributed by atoms with Crippen molar-refractivity contribution in [3.8, 4) is 5.75 Å². The summed E-state index contributed by atoms with van der Waals surface area (Å²) in [5.74, 6) is 0.499. The Hall–Kier alpha value is -3.27. The van der Waals surface area contributed by atoms with E-state index in [1.807, 2.05) is 54.6 Å². The molecule has 0 bridgehead atoms. The predicted octanol–water partition coefficient (Wildman–Crippen LogP) is 4.93. The van der Waals surface area contributed by atoms with Gasteiger partial charge in [0.05, 0.1) is 0 Å². The van der Waals surface area contributed by atoms with Gasteiger partial charge in [-0.05, 0) is 60.9 Å². The number of hydrogen-bond donors (Lipinski definition) is 2. The molecule has 0 heterocycles. The van der Waals surface area contributed by atoms with Crippen molar-refractivity contribution in [1.82, 2.24) is 0 Å². The molecule has 0 unspecified atom stereocenters. The Balaban J connectivity index is 1.54. The van der Waals surface area contributed by atoms with Gasteiger partial charge in [0.25, 0.3) is 5.91 Å². The van der Waals surface area contributed by atoms with Gasteiger partial charge in [-0.1, -0.05) is 42.5 Å². The van der Waals surface area contributed by atoms with Crippen LogP contribution in [0.25, 0.3) is 0 Å². The van der Waals surface area contributed by atoms with Crippen LogP contribution >= 0.6 is 0 Å². The minimum atomic E-state index is -0.180. The largest absolute Gasteiger partial charge is 0.484 e.